The van der Waals surface area contributed by atoms with Crippen LogP contribution in [0.3, 0.4) is 0 Å². The van der Waals surface area contributed by atoms with Gasteiger partial charge in [-0.15, -0.1) is 0 Å². The van der Waals surface area contributed by atoms with Crippen LogP contribution in [0.15, 0.2) is 12.2 Å². The number of carboxylic acid groups (broad SMARTS) is 1. The monoisotopic (exact) mass is 148 g/mol. The number of hydrogen-bond donors (Lipinski definition) is 0. The summed E-state index contributed by atoms with van der Waals surface area (Å²) in [4.78, 5) is 9.89. The first-order chi connectivity index (χ1) is 4.77. The maximum absolute atomic E-state index is 9.89. The summed E-state index contributed by atoms with van der Waals surface area (Å²) in [6, 6.07) is 0. The van der Waals surface area contributed by atoms with Gasteiger partial charge in [0.25, 0.3) is 0 Å². The molecule has 0 radical (unpaired) electrons. The summed E-state index contributed by atoms with van der Waals surface area (Å²) in [7, 11) is 0. The summed E-state index contributed by atoms with van der Waals surface area (Å²) < 4.78 is 0. The van der Waals surface area contributed by atoms with Gasteiger partial charge in [0.15, 0.2) is 0 Å². The zero-order chi connectivity index (χ0) is 7.82. The maximum Gasteiger partial charge on any atom is 1.00 e. The molecule has 0 aliphatic heterocycles. The van der Waals surface area contributed by atoms with Crippen molar-refractivity contribution in [2.24, 2.45) is 0 Å². The molecule has 0 aliphatic rings. The average molecular weight is 148 g/mol. The van der Waals surface area contributed by atoms with E-state index in [0.717, 1.165) is 12.8 Å². The van der Waals surface area contributed by atoms with Crippen LogP contribution >= 0.6 is 0 Å². The Balaban J connectivity index is 0. The maximum atomic E-state index is 9.89. The Morgan fingerprint density at radius 1 is 1.36 bits per heavy atom. The molecule has 0 amide bonds. The van der Waals surface area contributed by atoms with Crippen LogP contribution in [-0.2, 0) is 4.79 Å². The molecule has 0 fully saturated rings. The van der Waals surface area contributed by atoms with Gasteiger partial charge >= 0.3 is 18.9 Å². The zero-order valence-corrected chi connectivity index (χ0v) is 7.30. The molecule has 3 heteroatoms. The van der Waals surface area contributed by atoms with E-state index in [1.807, 2.05) is 12.2 Å². The van der Waals surface area contributed by atoms with Crippen LogP contribution in [0, 0.1) is 0 Å². The van der Waals surface area contributed by atoms with E-state index >= 15 is 0 Å². The van der Waals surface area contributed by atoms with Gasteiger partial charge < -0.3 is 9.90 Å². The van der Waals surface area contributed by atoms with Gasteiger partial charge in [-0.2, -0.15) is 0 Å². The van der Waals surface area contributed by atoms with Gasteiger partial charge in [-0.1, -0.05) is 25.5 Å². The molecule has 0 unspecified atom stereocenters. The molecular weight excluding hydrogens is 135 g/mol. The molecule has 0 saturated carbocycles. The first-order valence-corrected chi connectivity index (χ1v) is 3.62. The van der Waals surface area contributed by atoms with E-state index in [1.165, 1.54) is 0 Å². The third-order valence-electron chi connectivity index (χ3n) is 1.14. The molecule has 0 bridgehead atoms. The Morgan fingerprint density at radius 3 is 2.36 bits per heavy atom. The second kappa shape index (κ2) is 9.81. The Bertz CT molecular complexity index is 121. The normalized spacial score (nSPS) is 9.55. The number of unbranched alkanes of at least 4 members (excludes halogenated alkanes) is 1. The fraction of sp³-hybridized carbons (Fsp3) is 0.625. The summed E-state index contributed by atoms with van der Waals surface area (Å²) in [5, 5.41) is 9.89. The van der Waals surface area contributed by atoms with E-state index < -0.39 is 5.97 Å². The Labute approximate surface area is 79.9 Å². The molecule has 0 rings (SSSR count). The molecular formula is C8H13LiO2. The molecule has 0 heterocycles. The number of carboxylic acids is 1. The van der Waals surface area contributed by atoms with Gasteiger partial charge in [-0.05, 0) is 19.3 Å². The van der Waals surface area contributed by atoms with Crippen LogP contribution in [0.1, 0.15) is 32.6 Å². The van der Waals surface area contributed by atoms with Crippen molar-refractivity contribution in [1.82, 2.24) is 0 Å². The summed E-state index contributed by atoms with van der Waals surface area (Å²) in [5.41, 5.74) is 0. The van der Waals surface area contributed by atoms with Crippen molar-refractivity contribution in [3.63, 3.8) is 0 Å². The van der Waals surface area contributed by atoms with Crippen molar-refractivity contribution >= 4 is 5.97 Å². The minimum absolute atomic E-state index is 0. The number of carbonyl (C=O) groups excluding carboxylic acids is 1. The SMILES string of the molecule is CCCC=CCCC(=O)[O-].[Li+]. The standard InChI is InChI=1S/C8H14O2.Li/c1-2-3-4-5-6-7-8(9)10;/h4-5H,2-3,6-7H2,1H3,(H,9,10);/q;+1/p-1. The molecule has 11 heavy (non-hydrogen) atoms. The molecule has 58 valence electrons. The predicted octanol–water partition coefficient (Wildman–Crippen LogP) is -2.12. The molecule has 0 aromatic rings. The minimum Gasteiger partial charge on any atom is -0.550 e. The molecule has 0 N–H and O–H groups in total. The number of allylic oxidation sites excluding steroid dienone is 2. The third kappa shape index (κ3) is 12.9. The minimum atomic E-state index is -0.971. The summed E-state index contributed by atoms with van der Waals surface area (Å²) >= 11 is 0. The molecule has 0 atom stereocenters. The summed E-state index contributed by atoms with van der Waals surface area (Å²) in [6.07, 6.45) is 6.78. The molecule has 0 aromatic heterocycles. The van der Waals surface area contributed by atoms with Crippen molar-refractivity contribution in [1.29, 1.82) is 0 Å². The zero-order valence-electron chi connectivity index (χ0n) is 7.30. The molecule has 0 aromatic carbocycles. The van der Waals surface area contributed by atoms with E-state index in [0.29, 0.717) is 6.42 Å². The van der Waals surface area contributed by atoms with E-state index in [4.69, 9.17) is 0 Å². The van der Waals surface area contributed by atoms with Gasteiger partial charge in [0.05, 0.1) is 0 Å². The second-order valence-corrected chi connectivity index (χ2v) is 2.17. The van der Waals surface area contributed by atoms with Crippen molar-refractivity contribution in [2.45, 2.75) is 32.6 Å². The molecule has 2 nitrogen and oxygen atoms in total. The van der Waals surface area contributed by atoms with Crippen LogP contribution < -0.4 is 24.0 Å². The van der Waals surface area contributed by atoms with Gasteiger partial charge in [0, 0.05) is 5.97 Å². The smallest absolute Gasteiger partial charge is 0.550 e. The Hall–Kier alpha value is -0.193. The Morgan fingerprint density at radius 2 is 1.91 bits per heavy atom. The summed E-state index contributed by atoms with van der Waals surface area (Å²) in [6.45, 7) is 2.09. The van der Waals surface area contributed by atoms with E-state index in [2.05, 4.69) is 6.92 Å². The van der Waals surface area contributed by atoms with E-state index in [-0.39, 0.29) is 25.3 Å². The topological polar surface area (TPSA) is 40.1 Å². The fourth-order valence-electron chi connectivity index (χ4n) is 0.604. The van der Waals surface area contributed by atoms with Crippen LogP contribution in [0.2, 0.25) is 0 Å². The van der Waals surface area contributed by atoms with Gasteiger partial charge in [0.2, 0.25) is 0 Å². The van der Waals surface area contributed by atoms with Crippen LogP contribution in [0.4, 0.5) is 0 Å². The molecule has 0 aliphatic carbocycles. The third-order valence-corrected chi connectivity index (χ3v) is 1.14. The largest absolute Gasteiger partial charge is 1.00 e. The van der Waals surface area contributed by atoms with E-state index in [9.17, 15) is 9.90 Å². The average Bonchev–Trinajstić information content (AvgIpc) is 1.87. The van der Waals surface area contributed by atoms with Gasteiger partial charge in [0.1, 0.15) is 0 Å². The number of hydrogen-bond acceptors (Lipinski definition) is 2. The number of rotatable bonds is 5. The predicted molar refractivity (Wildman–Crippen MR) is 38.3 cm³/mol. The van der Waals surface area contributed by atoms with Crippen LogP contribution in [0.25, 0.3) is 0 Å². The first-order valence-electron chi connectivity index (χ1n) is 3.62. The number of aliphatic carboxylic acids is 1. The quantitative estimate of drug-likeness (QED) is 0.330. The fourth-order valence-corrected chi connectivity index (χ4v) is 0.604. The van der Waals surface area contributed by atoms with Crippen molar-refractivity contribution in [3.05, 3.63) is 12.2 Å². The van der Waals surface area contributed by atoms with Crippen molar-refractivity contribution < 1.29 is 28.8 Å². The van der Waals surface area contributed by atoms with Crippen molar-refractivity contribution in [3.8, 4) is 0 Å². The Kier molecular flexibility index (Phi) is 11.9. The van der Waals surface area contributed by atoms with E-state index in [1.54, 1.807) is 0 Å². The second-order valence-electron chi connectivity index (χ2n) is 2.17. The van der Waals surface area contributed by atoms with Gasteiger partial charge in [-0.3, -0.25) is 0 Å². The molecule has 0 saturated heterocycles. The number of carbonyl (C=O) groups is 1. The van der Waals surface area contributed by atoms with Crippen LogP contribution in [0.5, 0.6) is 0 Å². The summed E-state index contributed by atoms with van der Waals surface area (Å²) in [5.74, 6) is -0.971. The van der Waals surface area contributed by atoms with Crippen molar-refractivity contribution in [2.75, 3.05) is 0 Å². The first kappa shape index (κ1) is 13.4. The molecule has 0 spiro atoms. The van der Waals surface area contributed by atoms with Crippen LogP contribution in [-0.4, -0.2) is 5.97 Å². The van der Waals surface area contributed by atoms with Gasteiger partial charge in [-0.25, -0.2) is 0 Å².